The number of nitrogens with zero attached hydrogens (tertiary/aromatic N) is 3. The average molecular weight is 432 g/mol. The minimum absolute atomic E-state index is 0.191. The third-order valence-electron chi connectivity index (χ3n) is 3.42. The summed E-state index contributed by atoms with van der Waals surface area (Å²) in [6, 6.07) is 8.58. The smallest absolute Gasteiger partial charge is 0.406 e. The van der Waals surface area contributed by atoms with E-state index in [-0.39, 0.29) is 5.82 Å². The van der Waals surface area contributed by atoms with Crippen molar-refractivity contribution in [1.29, 1.82) is 0 Å². The van der Waals surface area contributed by atoms with Crippen molar-refractivity contribution in [1.82, 2.24) is 14.8 Å². The van der Waals surface area contributed by atoms with Gasteiger partial charge in [0.2, 0.25) is 0 Å². The molecule has 0 radical (unpaired) electrons. The summed E-state index contributed by atoms with van der Waals surface area (Å²) in [5.41, 5.74) is -1.90. The van der Waals surface area contributed by atoms with E-state index < -0.39 is 41.5 Å². The number of alkyl halides is 6. The number of anilines is 1. The van der Waals surface area contributed by atoms with E-state index in [0.717, 1.165) is 12.1 Å². The molecule has 2 heterocycles. The predicted octanol–water partition coefficient (Wildman–Crippen LogP) is 4.80. The van der Waals surface area contributed by atoms with E-state index in [2.05, 4.69) is 19.6 Å². The topological polar surface area (TPSA) is 78.3 Å². The maximum Gasteiger partial charge on any atom is 0.573 e. The molecule has 3 aromatic rings. The minimum Gasteiger partial charge on any atom is -0.406 e. The van der Waals surface area contributed by atoms with E-state index >= 15 is 0 Å². The lowest BCUT2D eigenvalue weighted by Gasteiger charge is -2.14. The second-order valence-electron chi connectivity index (χ2n) is 5.51. The van der Waals surface area contributed by atoms with Gasteiger partial charge < -0.3 is 9.47 Å². The van der Waals surface area contributed by atoms with Gasteiger partial charge in [-0.25, -0.2) is 14.5 Å². The van der Waals surface area contributed by atoms with Crippen LogP contribution in [-0.4, -0.2) is 27.2 Å². The molecule has 0 aliphatic carbocycles. The standard InChI is InChI=1S/C17H10F6N4O3/c18-16(19,20)14-12(9-25-27(14)13-7-3-4-8-24-13)29-15(28)26-10-5-1-2-6-11(10)30-17(21,22)23/h1-9H,(H,26,28). The van der Waals surface area contributed by atoms with Crippen molar-refractivity contribution < 1.29 is 40.6 Å². The first-order valence-electron chi connectivity index (χ1n) is 7.95. The number of hydrogen-bond donors (Lipinski definition) is 1. The summed E-state index contributed by atoms with van der Waals surface area (Å²) in [4.78, 5) is 15.8. The number of carbonyl (C=O) groups excluding carboxylic acids is 1. The van der Waals surface area contributed by atoms with Crippen molar-refractivity contribution in [2.45, 2.75) is 12.5 Å². The van der Waals surface area contributed by atoms with Crippen LogP contribution in [0.5, 0.6) is 11.5 Å². The SMILES string of the molecule is O=C(Nc1ccccc1OC(F)(F)F)Oc1cnn(-c2ccccn2)c1C(F)(F)F. The molecule has 1 amide bonds. The molecule has 1 aromatic carbocycles. The number of nitrogens with one attached hydrogen (secondary N) is 1. The van der Waals surface area contributed by atoms with Crippen LogP contribution in [0.2, 0.25) is 0 Å². The van der Waals surface area contributed by atoms with Crippen LogP contribution in [0.15, 0.2) is 54.9 Å². The van der Waals surface area contributed by atoms with Gasteiger partial charge in [0.25, 0.3) is 0 Å². The average Bonchev–Trinajstić information content (AvgIpc) is 3.07. The van der Waals surface area contributed by atoms with Crippen LogP contribution in [0, 0.1) is 0 Å². The molecule has 0 unspecified atom stereocenters. The van der Waals surface area contributed by atoms with Gasteiger partial charge in [0.05, 0.1) is 11.9 Å². The molecule has 0 aliphatic heterocycles. The Morgan fingerprint density at radius 2 is 1.67 bits per heavy atom. The van der Waals surface area contributed by atoms with Gasteiger partial charge in [0.15, 0.2) is 23.0 Å². The fourth-order valence-corrected chi connectivity index (χ4v) is 2.34. The third kappa shape index (κ3) is 4.98. The van der Waals surface area contributed by atoms with Crippen LogP contribution in [0.3, 0.4) is 0 Å². The molecule has 0 saturated carbocycles. The molecule has 0 atom stereocenters. The van der Waals surface area contributed by atoms with Gasteiger partial charge in [-0.3, -0.25) is 5.32 Å². The molecule has 0 spiro atoms. The zero-order chi connectivity index (χ0) is 21.9. The summed E-state index contributed by atoms with van der Waals surface area (Å²) in [6.45, 7) is 0. The molecule has 13 heteroatoms. The van der Waals surface area contributed by atoms with Gasteiger partial charge >= 0.3 is 18.6 Å². The Balaban J connectivity index is 1.86. The first-order valence-corrected chi connectivity index (χ1v) is 7.95. The van der Waals surface area contributed by atoms with E-state index in [1.165, 1.54) is 36.5 Å². The molecule has 1 N–H and O–H groups in total. The highest BCUT2D eigenvalue weighted by atomic mass is 19.4. The Morgan fingerprint density at radius 1 is 0.967 bits per heavy atom. The van der Waals surface area contributed by atoms with Gasteiger partial charge in [-0.2, -0.15) is 18.3 Å². The minimum atomic E-state index is -5.05. The van der Waals surface area contributed by atoms with Crippen molar-refractivity contribution in [3.05, 3.63) is 60.6 Å². The highest BCUT2D eigenvalue weighted by Gasteiger charge is 2.41. The molecule has 0 fully saturated rings. The molecular formula is C17H10F6N4O3. The van der Waals surface area contributed by atoms with Crippen LogP contribution in [0.25, 0.3) is 5.82 Å². The first kappa shape index (κ1) is 21.0. The summed E-state index contributed by atoms with van der Waals surface area (Å²) < 4.78 is 86.7. The van der Waals surface area contributed by atoms with Crippen molar-refractivity contribution in [3.8, 4) is 17.3 Å². The van der Waals surface area contributed by atoms with Gasteiger partial charge in [0, 0.05) is 6.20 Å². The van der Waals surface area contributed by atoms with Crippen LogP contribution < -0.4 is 14.8 Å². The van der Waals surface area contributed by atoms with E-state index in [0.29, 0.717) is 10.9 Å². The zero-order valence-electron chi connectivity index (χ0n) is 14.5. The Hall–Kier alpha value is -3.77. The van der Waals surface area contributed by atoms with Crippen molar-refractivity contribution >= 4 is 11.8 Å². The second-order valence-corrected chi connectivity index (χ2v) is 5.51. The Morgan fingerprint density at radius 3 is 2.30 bits per heavy atom. The van der Waals surface area contributed by atoms with Crippen molar-refractivity contribution in [2.75, 3.05) is 5.32 Å². The van der Waals surface area contributed by atoms with Crippen LogP contribution in [0.1, 0.15) is 5.69 Å². The number of hydrogen-bond acceptors (Lipinski definition) is 5. The lowest BCUT2D eigenvalue weighted by atomic mass is 10.3. The molecule has 7 nitrogen and oxygen atoms in total. The number of amides is 1. The van der Waals surface area contributed by atoms with E-state index in [9.17, 15) is 31.1 Å². The number of carbonyl (C=O) groups is 1. The Kier molecular flexibility index (Phi) is 5.54. The lowest BCUT2D eigenvalue weighted by Crippen LogP contribution is -2.22. The van der Waals surface area contributed by atoms with Gasteiger partial charge in [-0.15, -0.1) is 13.2 Å². The maximum atomic E-state index is 13.5. The zero-order valence-corrected chi connectivity index (χ0v) is 14.5. The number of ether oxygens (including phenoxy) is 2. The van der Waals surface area contributed by atoms with Crippen LogP contribution in [-0.2, 0) is 6.18 Å². The van der Waals surface area contributed by atoms with Gasteiger partial charge in [-0.1, -0.05) is 18.2 Å². The molecular weight excluding hydrogens is 422 g/mol. The second kappa shape index (κ2) is 7.93. The normalized spacial score (nSPS) is 11.8. The monoisotopic (exact) mass is 432 g/mol. The van der Waals surface area contributed by atoms with Crippen LogP contribution >= 0.6 is 0 Å². The largest absolute Gasteiger partial charge is 0.573 e. The Bertz CT molecular complexity index is 1030. The number of aromatic nitrogens is 3. The number of halogens is 6. The van der Waals surface area contributed by atoms with E-state index in [4.69, 9.17) is 0 Å². The highest BCUT2D eigenvalue weighted by molar-refractivity contribution is 5.88. The third-order valence-corrected chi connectivity index (χ3v) is 3.42. The van der Waals surface area contributed by atoms with Gasteiger partial charge in [-0.05, 0) is 24.3 Å². The highest BCUT2D eigenvalue weighted by Crippen LogP contribution is 2.37. The Labute approximate surface area is 163 Å². The molecule has 0 bridgehead atoms. The molecule has 30 heavy (non-hydrogen) atoms. The predicted molar refractivity (Wildman–Crippen MR) is 89.1 cm³/mol. The van der Waals surface area contributed by atoms with Crippen LogP contribution in [0.4, 0.5) is 36.8 Å². The fraction of sp³-hybridized carbons (Fsp3) is 0.118. The molecule has 0 aliphatic rings. The molecule has 158 valence electrons. The molecule has 2 aromatic heterocycles. The number of para-hydroxylation sites is 2. The van der Waals surface area contributed by atoms with Gasteiger partial charge in [0.1, 0.15) is 0 Å². The first-order chi connectivity index (χ1) is 14.0. The van der Waals surface area contributed by atoms with E-state index in [1.807, 2.05) is 5.32 Å². The number of pyridine rings is 1. The maximum absolute atomic E-state index is 13.5. The quantitative estimate of drug-likeness (QED) is 0.600. The fourth-order valence-electron chi connectivity index (χ4n) is 2.34. The number of rotatable bonds is 4. The van der Waals surface area contributed by atoms with E-state index in [1.54, 1.807) is 0 Å². The van der Waals surface area contributed by atoms with Crippen molar-refractivity contribution in [3.63, 3.8) is 0 Å². The summed E-state index contributed by atoms with van der Waals surface area (Å²) in [7, 11) is 0. The number of benzene rings is 1. The summed E-state index contributed by atoms with van der Waals surface area (Å²) in [5.74, 6) is -1.94. The summed E-state index contributed by atoms with van der Waals surface area (Å²) in [6.07, 6.45) is -9.65. The molecule has 3 rings (SSSR count). The summed E-state index contributed by atoms with van der Waals surface area (Å²) >= 11 is 0. The summed E-state index contributed by atoms with van der Waals surface area (Å²) in [5, 5.41) is 5.44. The molecule has 0 saturated heterocycles. The van der Waals surface area contributed by atoms with Crippen molar-refractivity contribution in [2.24, 2.45) is 0 Å². The lowest BCUT2D eigenvalue weighted by molar-refractivity contribution is -0.274.